The van der Waals surface area contributed by atoms with Crippen molar-refractivity contribution < 1.29 is 14.0 Å². The first-order valence-corrected chi connectivity index (χ1v) is 10.8. The summed E-state index contributed by atoms with van der Waals surface area (Å²) < 4.78 is 18.9. The lowest BCUT2D eigenvalue weighted by Crippen LogP contribution is -2.40. The van der Waals surface area contributed by atoms with E-state index in [2.05, 4.69) is 10.1 Å². The quantitative estimate of drug-likeness (QED) is 0.361. The summed E-state index contributed by atoms with van der Waals surface area (Å²) in [5.74, 6) is 1.43. The molecule has 2 aromatic carbocycles. The molecule has 0 radical (unpaired) electrons. The predicted octanol–water partition coefficient (Wildman–Crippen LogP) is 3.09. The molecule has 0 N–H and O–H groups in total. The molecule has 0 fully saturated rings. The van der Waals surface area contributed by atoms with Crippen molar-refractivity contribution in [3.05, 3.63) is 75.3 Å². The van der Waals surface area contributed by atoms with Crippen LogP contribution in [0, 0.1) is 0 Å². The van der Waals surface area contributed by atoms with Gasteiger partial charge in [-0.1, -0.05) is 17.3 Å². The van der Waals surface area contributed by atoms with E-state index in [0.29, 0.717) is 29.8 Å². The Morgan fingerprint density at radius 3 is 2.52 bits per heavy atom. The zero-order chi connectivity index (χ0) is 23.4. The molecule has 9 heteroatoms. The van der Waals surface area contributed by atoms with Crippen molar-refractivity contribution in [2.75, 3.05) is 13.7 Å². The molecule has 0 bridgehead atoms. The molecule has 0 amide bonds. The molecular weight excluding hydrogens is 424 g/mol. The number of hydrogen-bond donors (Lipinski definition) is 0. The van der Waals surface area contributed by atoms with Gasteiger partial charge in [0.2, 0.25) is 11.7 Å². The molecule has 9 nitrogen and oxygen atoms in total. The first kappa shape index (κ1) is 22.5. The molecule has 172 valence electrons. The molecule has 2 heterocycles. The molecule has 0 saturated heterocycles. The lowest BCUT2D eigenvalue weighted by molar-refractivity contribution is 0.189. The third-order valence-electron chi connectivity index (χ3n) is 5.11. The zero-order valence-corrected chi connectivity index (χ0v) is 18.9. The second-order valence-electron chi connectivity index (χ2n) is 7.89. The van der Waals surface area contributed by atoms with Crippen molar-refractivity contribution in [1.82, 2.24) is 19.3 Å². The second kappa shape index (κ2) is 9.83. The minimum absolute atomic E-state index is 0.0471. The van der Waals surface area contributed by atoms with E-state index in [0.717, 1.165) is 11.3 Å². The van der Waals surface area contributed by atoms with Gasteiger partial charge in [0.1, 0.15) is 12.3 Å². The Balaban J connectivity index is 1.66. The van der Waals surface area contributed by atoms with Crippen LogP contribution in [0.4, 0.5) is 0 Å². The van der Waals surface area contributed by atoms with Gasteiger partial charge in [-0.05, 0) is 56.7 Å². The number of aromatic nitrogens is 4. The zero-order valence-electron chi connectivity index (χ0n) is 18.9. The summed E-state index contributed by atoms with van der Waals surface area (Å²) in [7, 11) is 1.58. The third kappa shape index (κ3) is 4.88. The summed E-state index contributed by atoms with van der Waals surface area (Å²) in [4.78, 5) is 30.5. The van der Waals surface area contributed by atoms with Crippen LogP contribution in [0.25, 0.3) is 22.3 Å². The van der Waals surface area contributed by atoms with Gasteiger partial charge in [0.15, 0.2) is 0 Å². The van der Waals surface area contributed by atoms with Gasteiger partial charge in [-0.25, -0.2) is 4.79 Å². The van der Waals surface area contributed by atoms with Gasteiger partial charge >= 0.3 is 5.69 Å². The first-order valence-electron chi connectivity index (χ1n) is 10.8. The SMILES string of the molecule is COCCCn1c(=O)c2ccccc2n(Cc2nc(-c3ccc(OC(C)C)cc3)no2)c1=O. The van der Waals surface area contributed by atoms with Crippen molar-refractivity contribution in [1.29, 1.82) is 0 Å². The van der Waals surface area contributed by atoms with Crippen molar-refractivity contribution in [3.63, 3.8) is 0 Å². The molecule has 4 aromatic rings. The topological polar surface area (TPSA) is 101 Å². The number of benzene rings is 2. The summed E-state index contributed by atoms with van der Waals surface area (Å²) in [6.45, 7) is 4.69. The van der Waals surface area contributed by atoms with E-state index >= 15 is 0 Å². The Morgan fingerprint density at radius 2 is 1.79 bits per heavy atom. The Hall–Kier alpha value is -3.72. The standard InChI is InChI=1S/C24H26N4O5/c1-16(2)32-18-11-9-17(10-12-18)22-25-21(33-26-22)15-28-20-8-5-4-7-19(20)23(29)27(24(28)30)13-6-14-31-3/h4-5,7-12,16H,6,13-15H2,1-3H3. The Morgan fingerprint density at radius 1 is 1.03 bits per heavy atom. The molecule has 0 atom stereocenters. The van der Waals surface area contributed by atoms with Gasteiger partial charge in [0, 0.05) is 25.8 Å². The van der Waals surface area contributed by atoms with E-state index in [1.54, 1.807) is 31.4 Å². The van der Waals surface area contributed by atoms with Crippen molar-refractivity contribution >= 4 is 10.9 Å². The van der Waals surface area contributed by atoms with Crippen LogP contribution in [0.1, 0.15) is 26.2 Å². The third-order valence-corrected chi connectivity index (χ3v) is 5.11. The molecule has 4 rings (SSSR count). The fourth-order valence-electron chi connectivity index (χ4n) is 3.61. The van der Waals surface area contributed by atoms with Gasteiger partial charge in [0.25, 0.3) is 5.56 Å². The number of methoxy groups -OCH3 is 1. The van der Waals surface area contributed by atoms with E-state index in [-0.39, 0.29) is 30.6 Å². The number of para-hydroxylation sites is 1. The number of ether oxygens (including phenoxy) is 2. The average molecular weight is 450 g/mol. The van der Waals surface area contributed by atoms with Crippen LogP contribution in [0.3, 0.4) is 0 Å². The average Bonchev–Trinajstić information content (AvgIpc) is 3.28. The van der Waals surface area contributed by atoms with Gasteiger partial charge in [-0.2, -0.15) is 4.98 Å². The summed E-state index contributed by atoms with van der Waals surface area (Å²) in [6.07, 6.45) is 0.629. The van der Waals surface area contributed by atoms with Crippen LogP contribution in [0.15, 0.2) is 62.6 Å². The summed E-state index contributed by atoms with van der Waals surface area (Å²) in [6, 6.07) is 14.4. The Labute approximate surface area is 190 Å². The van der Waals surface area contributed by atoms with E-state index in [1.807, 2.05) is 38.1 Å². The first-order chi connectivity index (χ1) is 16.0. The normalized spacial score (nSPS) is 11.4. The van der Waals surface area contributed by atoms with Crippen LogP contribution in [-0.2, 0) is 17.8 Å². The van der Waals surface area contributed by atoms with Crippen molar-refractivity contribution in [2.24, 2.45) is 0 Å². The van der Waals surface area contributed by atoms with E-state index in [4.69, 9.17) is 14.0 Å². The summed E-state index contributed by atoms with van der Waals surface area (Å²) >= 11 is 0. The molecule has 0 spiro atoms. The number of nitrogens with zero attached hydrogens (tertiary/aromatic N) is 4. The molecule has 33 heavy (non-hydrogen) atoms. The lowest BCUT2D eigenvalue weighted by atomic mass is 10.2. The molecule has 0 aliphatic heterocycles. The lowest BCUT2D eigenvalue weighted by Gasteiger charge is -2.12. The second-order valence-corrected chi connectivity index (χ2v) is 7.89. The van der Waals surface area contributed by atoms with Crippen LogP contribution in [0.5, 0.6) is 5.75 Å². The minimum atomic E-state index is -0.426. The van der Waals surface area contributed by atoms with Crippen LogP contribution < -0.4 is 16.0 Å². The van der Waals surface area contributed by atoms with Crippen molar-refractivity contribution in [2.45, 2.75) is 39.5 Å². The summed E-state index contributed by atoms with van der Waals surface area (Å²) in [5, 5.41) is 4.51. The predicted molar refractivity (Wildman–Crippen MR) is 124 cm³/mol. The van der Waals surface area contributed by atoms with Gasteiger partial charge in [-0.3, -0.25) is 13.9 Å². The van der Waals surface area contributed by atoms with E-state index in [9.17, 15) is 9.59 Å². The van der Waals surface area contributed by atoms with Gasteiger partial charge in [-0.15, -0.1) is 0 Å². The highest BCUT2D eigenvalue weighted by atomic mass is 16.5. The largest absolute Gasteiger partial charge is 0.491 e. The van der Waals surface area contributed by atoms with Crippen molar-refractivity contribution in [3.8, 4) is 17.1 Å². The number of rotatable bonds is 9. The van der Waals surface area contributed by atoms with E-state index in [1.165, 1.54) is 9.13 Å². The maximum Gasteiger partial charge on any atom is 0.331 e. The highest BCUT2D eigenvalue weighted by molar-refractivity contribution is 5.77. The van der Waals surface area contributed by atoms with Crippen LogP contribution >= 0.6 is 0 Å². The van der Waals surface area contributed by atoms with Gasteiger partial charge < -0.3 is 14.0 Å². The maximum absolute atomic E-state index is 13.2. The fraction of sp³-hybridized carbons (Fsp3) is 0.333. The molecule has 0 unspecified atom stereocenters. The smallest absolute Gasteiger partial charge is 0.331 e. The highest BCUT2D eigenvalue weighted by Gasteiger charge is 2.16. The number of fused-ring (bicyclic) bond motifs is 1. The molecule has 0 aliphatic rings. The molecular formula is C24H26N4O5. The molecule has 2 aromatic heterocycles. The van der Waals surface area contributed by atoms with Crippen LogP contribution in [0.2, 0.25) is 0 Å². The highest BCUT2D eigenvalue weighted by Crippen LogP contribution is 2.21. The Bertz CT molecular complexity index is 1350. The van der Waals surface area contributed by atoms with E-state index < -0.39 is 5.69 Å². The number of hydrogen-bond acceptors (Lipinski definition) is 7. The summed E-state index contributed by atoms with van der Waals surface area (Å²) in [5.41, 5.74) is 0.538. The maximum atomic E-state index is 13.2. The monoisotopic (exact) mass is 450 g/mol. The molecule has 0 aliphatic carbocycles. The van der Waals surface area contributed by atoms with Gasteiger partial charge in [0.05, 0.1) is 17.0 Å². The van der Waals surface area contributed by atoms with Crippen LogP contribution in [-0.4, -0.2) is 39.1 Å². The minimum Gasteiger partial charge on any atom is -0.491 e. The Kier molecular flexibility index (Phi) is 6.69. The fourth-order valence-corrected chi connectivity index (χ4v) is 3.61. The molecule has 0 saturated carbocycles.